The van der Waals surface area contributed by atoms with Gasteiger partial charge in [0.25, 0.3) is 0 Å². The fourth-order valence-electron chi connectivity index (χ4n) is 1.95. The molecule has 0 aliphatic carbocycles. The molecule has 0 amide bonds. The van der Waals surface area contributed by atoms with E-state index in [1.807, 2.05) is 25.1 Å². The van der Waals surface area contributed by atoms with Crippen molar-refractivity contribution in [2.24, 2.45) is 0 Å². The predicted molar refractivity (Wildman–Crippen MR) is 70.6 cm³/mol. The quantitative estimate of drug-likeness (QED) is 0.824. The molecule has 1 aromatic carbocycles. The van der Waals surface area contributed by atoms with E-state index in [4.69, 9.17) is 0 Å². The smallest absolute Gasteiger partial charge is 0.313 e. The molecular weight excluding hydrogens is 307 g/mol. The number of halogens is 4. The molecule has 0 radical (unpaired) electrons. The van der Waals surface area contributed by atoms with Crippen molar-refractivity contribution >= 4 is 15.9 Å². The summed E-state index contributed by atoms with van der Waals surface area (Å²) < 4.78 is 37.3. The van der Waals surface area contributed by atoms with Crippen LogP contribution in [0.15, 0.2) is 22.7 Å². The Morgan fingerprint density at radius 2 is 2.00 bits per heavy atom. The minimum atomic E-state index is -4.06. The maximum absolute atomic E-state index is 12.1. The number of hydrogen-bond donors (Lipinski definition) is 1. The van der Waals surface area contributed by atoms with Gasteiger partial charge in [-0.1, -0.05) is 22.0 Å². The zero-order valence-electron chi connectivity index (χ0n) is 10.4. The summed E-state index contributed by atoms with van der Waals surface area (Å²) in [6.07, 6.45) is -4.17. The largest absolute Gasteiger partial charge is 0.389 e. The van der Waals surface area contributed by atoms with Crippen molar-refractivity contribution in [3.8, 4) is 0 Å². The molecule has 5 heteroatoms. The van der Waals surface area contributed by atoms with Crippen LogP contribution in [0.4, 0.5) is 13.2 Å². The van der Waals surface area contributed by atoms with E-state index in [1.54, 1.807) is 7.05 Å². The van der Waals surface area contributed by atoms with Gasteiger partial charge in [-0.25, -0.2) is 0 Å². The van der Waals surface area contributed by atoms with E-state index < -0.39 is 12.6 Å². The van der Waals surface area contributed by atoms with Crippen LogP contribution in [0.25, 0.3) is 0 Å². The van der Waals surface area contributed by atoms with Gasteiger partial charge in [0.2, 0.25) is 0 Å². The minimum absolute atomic E-state index is 0.0372. The van der Waals surface area contributed by atoms with E-state index in [9.17, 15) is 13.2 Å². The van der Waals surface area contributed by atoms with Gasteiger partial charge in [0.05, 0.1) is 0 Å². The normalized spacial score (nSPS) is 13.7. The molecule has 0 saturated heterocycles. The highest BCUT2D eigenvalue weighted by Gasteiger charge is 2.26. The molecule has 0 heterocycles. The highest BCUT2D eigenvalue weighted by atomic mass is 79.9. The number of alkyl halides is 3. The van der Waals surface area contributed by atoms with Gasteiger partial charge < -0.3 is 5.32 Å². The van der Waals surface area contributed by atoms with Gasteiger partial charge in [-0.05, 0) is 50.1 Å². The number of rotatable bonds is 5. The maximum Gasteiger partial charge on any atom is 0.389 e. The monoisotopic (exact) mass is 323 g/mol. The molecule has 1 aromatic rings. The second-order valence-electron chi connectivity index (χ2n) is 4.35. The van der Waals surface area contributed by atoms with Gasteiger partial charge in [-0.3, -0.25) is 0 Å². The van der Waals surface area contributed by atoms with Crippen molar-refractivity contribution in [2.45, 2.75) is 38.4 Å². The molecule has 1 atom stereocenters. The summed E-state index contributed by atoms with van der Waals surface area (Å²) in [6.45, 7) is 1.97. The molecule has 0 aliphatic heterocycles. The fraction of sp³-hybridized carbons (Fsp3) is 0.538. The molecule has 0 aliphatic rings. The highest BCUT2D eigenvalue weighted by Crippen LogP contribution is 2.28. The Bertz CT molecular complexity index is 390. The van der Waals surface area contributed by atoms with Crippen LogP contribution in [-0.2, 0) is 0 Å². The fourth-order valence-corrected chi connectivity index (χ4v) is 2.33. The molecule has 1 N–H and O–H groups in total. The van der Waals surface area contributed by atoms with Crippen LogP contribution >= 0.6 is 15.9 Å². The molecule has 102 valence electrons. The Kier molecular flexibility index (Phi) is 5.66. The van der Waals surface area contributed by atoms with Crippen LogP contribution < -0.4 is 5.32 Å². The van der Waals surface area contributed by atoms with Crippen LogP contribution in [0.3, 0.4) is 0 Å². The van der Waals surface area contributed by atoms with Crippen LogP contribution in [0.1, 0.15) is 36.4 Å². The molecule has 1 nitrogen and oxygen atoms in total. The molecule has 0 bridgehead atoms. The van der Waals surface area contributed by atoms with Gasteiger partial charge in [0.1, 0.15) is 0 Å². The van der Waals surface area contributed by atoms with E-state index in [0.29, 0.717) is 6.42 Å². The Morgan fingerprint density at radius 1 is 1.33 bits per heavy atom. The third-order valence-corrected chi connectivity index (χ3v) is 3.41. The lowest BCUT2D eigenvalue weighted by atomic mass is 9.97. The van der Waals surface area contributed by atoms with E-state index in [-0.39, 0.29) is 12.5 Å². The molecule has 1 rings (SSSR count). The Hall–Kier alpha value is -0.550. The van der Waals surface area contributed by atoms with Crippen LogP contribution in [-0.4, -0.2) is 13.2 Å². The molecule has 0 saturated carbocycles. The Balaban J connectivity index is 2.68. The topological polar surface area (TPSA) is 12.0 Å². The first-order chi connectivity index (χ1) is 8.33. The lowest BCUT2D eigenvalue weighted by molar-refractivity contribution is -0.135. The Morgan fingerprint density at radius 3 is 2.56 bits per heavy atom. The van der Waals surface area contributed by atoms with Crippen LogP contribution in [0.5, 0.6) is 0 Å². The van der Waals surface area contributed by atoms with Gasteiger partial charge in [0.15, 0.2) is 0 Å². The van der Waals surface area contributed by atoms with Crippen molar-refractivity contribution in [2.75, 3.05) is 7.05 Å². The molecule has 0 aromatic heterocycles. The third kappa shape index (κ3) is 4.98. The first kappa shape index (κ1) is 15.5. The average molecular weight is 324 g/mol. The third-order valence-electron chi connectivity index (χ3n) is 2.92. The van der Waals surface area contributed by atoms with Crippen molar-refractivity contribution < 1.29 is 13.2 Å². The molecule has 0 spiro atoms. The van der Waals surface area contributed by atoms with Crippen molar-refractivity contribution in [1.29, 1.82) is 0 Å². The highest BCUT2D eigenvalue weighted by molar-refractivity contribution is 9.10. The summed E-state index contributed by atoms with van der Waals surface area (Å²) in [6, 6.07) is 5.82. The van der Waals surface area contributed by atoms with Gasteiger partial charge >= 0.3 is 6.18 Å². The van der Waals surface area contributed by atoms with Crippen LogP contribution in [0, 0.1) is 6.92 Å². The second kappa shape index (κ2) is 6.57. The van der Waals surface area contributed by atoms with E-state index in [2.05, 4.69) is 21.2 Å². The zero-order chi connectivity index (χ0) is 13.8. The average Bonchev–Trinajstić information content (AvgIpc) is 2.27. The predicted octanol–water partition coefficient (Wildman–Crippen LogP) is 4.75. The van der Waals surface area contributed by atoms with E-state index in [1.165, 1.54) is 0 Å². The standard InChI is InChI=1S/C13H17BrF3N/c1-9-5-6-10(14)8-11(9)12(18-2)4-3-7-13(15,16)17/h5-6,8,12,18H,3-4,7H2,1-2H3. The van der Waals surface area contributed by atoms with Crippen LogP contribution in [0.2, 0.25) is 0 Å². The zero-order valence-corrected chi connectivity index (χ0v) is 12.0. The first-order valence-corrected chi connectivity index (χ1v) is 6.63. The van der Waals surface area contributed by atoms with Crippen molar-refractivity contribution in [3.63, 3.8) is 0 Å². The molecule has 1 unspecified atom stereocenters. The summed E-state index contributed by atoms with van der Waals surface area (Å²) in [4.78, 5) is 0. The van der Waals surface area contributed by atoms with E-state index in [0.717, 1.165) is 15.6 Å². The lowest BCUT2D eigenvalue weighted by Crippen LogP contribution is -2.18. The van der Waals surface area contributed by atoms with Crippen molar-refractivity contribution in [3.05, 3.63) is 33.8 Å². The first-order valence-electron chi connectivity index (χ1n) is 5.83. The lowest BCUT2D eigenvalue weighted by Gasteiger charge is -2.19. The van der Waals surface area contributed by atoms with Crippen molar-refractivity contribution in [1.82, 2.24) is 5.32 Å². The van der Waals surface area contributed by atoms with Gasteiger partial charge in [0, 0.05) is 16.9 Å². The minimum Gasteiger partial charge on any atom is -0.313 e. The summed E-state index contributed by atoms with van der Waals surface area (Å²) in [5, 5.41) is 3.08. The number of benzene rings is 1. The van der Waals surface area contributed by atoms with Gasteiger partial charge in [-0.15, -0.1) is 0 Å². The molecule has 18 heavy (non-hydrogen) atoms. The molecular formula is C13H17BrF3N. The SMILES string of the molecule is CNC(CCCC(F)(F)F)c1cc(Br)ccc1C. The Labute approximate surface area is 114 Å². The number of aryl methyl sites for hydroxylation is 1. The summed E-state index contributed by atoms with van der Waals surface area (Å²) >= 11 is 3.39. The number of hydrogen-bond acceptors (Lipinski definition) is 1. The molecule has 0 fully saturated rings. The second-order valence-corrected chi connectivity index (χ2v) is 5.27. The number of nitrogens with one attached hydrogen (secondary N) is 1. The van der Waals surface area contributed by atoms with E-state index >= 15 is 0 Å². The summed E-state index contributed by atoms with van der Waals surface area (Å²) in [5.74, 6) is 0. The van der Waals surface area contributed by atoms with Gasteiger partial charge in [-0.2, -0.15) is 13.2 Å². The summed E-state index contributed by atoms with van der Waals surface area (Å²) in [7, 11) is 1.78. The summed E-state index contributed by atoms with van der Waals surface area (Å²) in [5.41, 5.74) is 2.14. The maximum atomic E-state index is 12.1.